The van der Waals surface area contributed by atoms with Crippen molar-refractivity contribution >= 4 is 16.7 Å². The number of nitrogens with zero attached hydrogens (tertiary/aromatic N) is 1. The van der Waals surface area contributed by atoms with E-state index < -0.39 is 11.6 Å². The maximum Gasteiger partial charge on any atom is 0.160 e. The van der Waals surface area contributed by atoms with Gasteiger partial charge in [0.25, 0.3) is 0 Å². The zero-order valence-electron chi connectivity index (χ0n) is 8.13. The molecular weight excluding hydrogens is 200 g/mol. The van der Waals surface area contributed by atoms with Gasteiger partial charge in [0.1, 0.15) is 5.78 Å². The highest BCUT2D eigenvalue weighted by atomic mass is 19.2. The number of fused-ring (bicyclic) bond motifs is 1. The molecule has 1 aromatic heterocycles. The smallest absolute Gasteiger partial charge is 0.160 e. The molecule has 0 unspecified atom stereocenters. The highest BCUT2D eigenvalue weighted by Gasteiger charge is 2.08. The number of halogens is 2. The summed E-state index contributed by atoms with van der Waals surface area (Å²) in [4.78, 5) is 10.9. The Kier molecular flexibility index (Phi) is 2.26. The van der Waals surface area contributed by atoms with E-state index in [2.05, 4.69) is 0 Å². The number of benzene rings is 1. The van der Waals surface area contributed by atoms with Crippen molar-refractivity contribution in [3.05, 3.63) is 36.0 Å². The van der Waals surface area contributed by atoms with Crippen LogP contribution in [0, 0.1) is 11.6 Å². The van der Waals surface area contributed by atoms with Crippen LogP contribution in [0.2, 0.25) is 0 Å². The van der Waals surface area contributed by atoms with Crippen LogP contribution in [0.4, 0.5) is 8.78 Å². The van der Waals surface area contributed by atoms with Crippen molar-refractivity contribution in [3.63, 3.8) is 0 Å². The first-order valence-electron chi connectivity index (χ1n) is 4.51. The summed E-state index contributed by atoms with van der Waals surface area (Å²) in [6.07, 6.45) is 1.64. The normalized spacial score (nSPS) is 10.9. The molecule has 0 N–H and O–H groups in total. The topological polar surface area (TPSA) is 22.0 Å². The van der Waals surface area contributed by atoms with Gasteiger partial charge < -0.3 is 4.57 Å². The van der Waals surface area contributed by atoms with E-state index in [-0.39, 0.29) is 12.3 Å². The minimum atomic E-state index is -0.897. The summed E-state index contributed by atoms with van der Waals surface area (Å²) >= 11 is 0. The minimum absolute atomic E-state index is 0.0303. The first-order valence-corrected chi connectivity index (χ1v) is 4.51. The molecule has 1 aromatic carbocycles. The Labute approximate surface area is 85.1 Å². The second-order valence-electron chi connectivity index (χ2n) is 3.47. The van der Waals surface area contributed by atoms with Gasteiger partial charge >= 0.3 is 0 Å². The van der Waals surface area contributed by atoms with Crippen LogP contribution in [0.25, 0.3) is 10.9 Å². The number of aromatic nitrogens is 1. The third-order valence-corrected chi connectivity index (χ3v) is 2.21. The Morgan fingerprint density at radius 2 is 2.00 bits per heavy atom. The molecule has 0 fully saturated rings. The van der Waals surface area contributed by atoms with Crippen molar-refractivity contribution in [2.75, 3.05) is 0 Å². The lowest BCUT2D eigenvalue weighted by molar-refractivity contribution is -0.117. The Balaban J connectivity index is 2.59. The highest BCUT2D eigenvalue weighted by Crippen LogP contribution is 2.19. The van der Waals surface area contributed by atoms with E-state index in [4.69, 9.17) is 0 Å². The number of carbonyl (C=O) groups excluding carboxylic acids is 1. The van der Waals surface area contributed by atoms with Gasteiger partial charge in [-0.25, -0.2) is 8.78 Å². The van der Waals surface area contributed by atoms with Crippen molar-refractivity contribution < 1.29 is 13.6 Å². The maximum absolute atomic E-state index is 13.0. The summed E-state index contributed by atoms with van der Waals surface area (Å²) in [5, 5.41) is 0.593. The molecule has 1 heterocycles. The summed E-state index contributed by atoms with van der Waals surface area (Å²) in [6.45, 7) is 1.63. The van der Waals surface area contributed by atoms with E-state index in [0.29, 0.717) is 10.9 Å². The standard InChI is InChI=1S/C11H9F2NO/c1-7(15)6-14-3-2-8-4-9(12)10(13)5-11(8)14/h2-5H,6H2,1H3. The van der Waals surface area contributed by atoms with Gasteiger partial charge in [-0.1, -0.05) is 0 Å². The molecule has 4 heteroatoms. The van der Waals surface area contributed by atoms with E-state index >= 15 is 0 Å². The third-order valence-electron chi connectivity index (χ3n) is 2.21. The predicted octanol–water partition coefficient (Wildman–Crippen LogP) is 2.51. The molecule has 78 valence electrons. The van der Waals surface area contributed by atoms with Crippen LogP contribution in [0.1, 0.15) is 6.92 Å². The molecule has 0 bridgehead atoms. The van der Waals surface area contributed by atoms with Crippen LogP contribution < -0.4 is 0 Å². The van der Waals surface area contributed by atoms with Crippen LogP contribution in [0.3, 0.4) is 0 Å². The largest absolute Gasteiger partial charge is 0.340 e. The molecule has 15 heavy (non-hydrogen) atoms. The molecule has 0 radical (unpaired) electrons. The van der Waals surface area contributed by atoms with Crippen molar-refractivity contribution in [3.8, 4) is 0 Å². The Morgan fingerprint density at radius 3 is 2.67 bits per heavy atom. The minimum Gasteiger partial charge on any atom is -0.340 e. The second-order valence-corrected chi connectivity index (χ2v) is 3.47. The maximum atomic E-state index is 13.0. The van der Waals surface area contributed by atoms with E-state index in [1.54, 1.807) is 16.8 Å². The summed E-state index contributed by atoms with van der Waals surface area (Å²) in [5.41, 5.74) is 0.532. The van der Waals surface area contributed by atoms with Gasteiger partial charge in [0.05, 0.1) is 12.1 Å². The number of Topliss-reactive ketones (excluding diaryl/α,β-unsaturated/α-hetero) is 1. The van der Waals surface area contributed by atoms with Gasteiger partial charge in [0.15, 0.2) is 11.6 Å². The number of rotatable bonds is 2. The summed E-state index contributed by atoms with van der Waals surface area (Å²) in [6, 6.07) is 3.88. The van der Waals surface area contributed by atoms with Crippen LogP contribution in [-0.4, -0.2) is 10.4 Å². The fourth-order valence-electron chi connectivity index (χ4n) is 1.56. The molecule has 0 saturated carbocycles. The van der Waals surface area contributed by atoms with Crippen molar-refractivity contribution in [1.82, 2.24) is 4.57 Å². The molecule has 0 spiro atoms. The number of ketones is 1. The van der Waals surface area contributed by atoms with Gasteiger partial charge in [-0.15, -0.1) is 0 Å². The molecule has 2 nitrogen and oxygen atoms in total. The third kappa shape index (κ3) is 1.75. The molecule has 0 atom stereocenters. The van der Waals surface area contributed by atoms with Crippen LogP contribution in [-0.2, 0) is 11.3 Å². The summed E-state index contributed by atoms with van der Waals surface area (Å²) in [7, 11) is 0. The Hall–Kier alpha value is -1.71. The molecule has 2 rings (SSSR count). The summed E-state index contributed by atoms with van der Waals surface area (Å²) < 4.78 is 27.4. The molecule has 0 aliphatic heterocycles. The first-order chi connectivity index (χ1) is 7.08. The first kappa shape index (κ1) is 9.83. The number of hydrogen-bond donors (Lipinski definition) is 0. The van der Waals surface area contributed by atoms with Gasteiger partial charge in [-0.05, 0) is 19.1 Å². The van der Waals surface area contributed by atoms with Crippen LogP contribution >= 0.6 is 0 Å². The Bertz CT molecular complexity index is 531. The van der Waals surface area contributed by atoms with Crippen LogP contribution in [0.5, 0.6) is 0 Å². The van der Waals surface area contributed by atoms with Gasteiger partial charge in [-0.3, -0.25) is 4.79 Å². The molecule has 0 aliphatic carbocycles. The van der Waals surface area contributed by atoms with E-state index in [1.165, 1.54) is 6.92 Å². The van der Waals surface area contributed by atoms with Gasteiger partial charge in [0.2, 0.25) is 0 Å². The van der Waals surface area contributed by atoms with Crippen LogP contribution in [0.15, 0.2) is 24.4 Å². The molecule has 0 amide bonds. The second kappa shape index (κ2) is 3.46. The quantitative estimate of drug-likeness (QED) is 0.744. The van der Waals surface area contributed by atoms with E-state index in [1.807, 2.05) is 0 Å². The lowest BCUT2D eigenvalue weighted by Gasteiger charge is -2.02. The zero-order chi connectivity index (χ0) is 11.0. The van der Waals surface area contributed by atoms with Crippen molar-refractivity contribution in [1.29, 1.82) is 0 Å². The number of hydrogen-bond acceptors (Lipinski definition) is 1. The number of carbonyl (C=O) groups is 1. The zero-order valence-corrected chi connectivity index (χ0v) is 8.13. The lowest BCUT2D eigenvalue weighted by atomic mass is 10.2. The van der Waals surface area contributed by atoms with E-state index in [0.717, 1.165) is 12.1 Å². The summed E-state index contributed by atoms with van der Waals surface area (Å²) in [5.74, 6) is -1.80. The van der Waals surface area contributed by atoms with E-state index in [9.17, 15) is 13.6 Å². The van der Waals surface area contributed by atoms with Gasteiger partial charge in [-0.2, -0.15) is 0 Å². The SMILES string of the molecule is CC(=O)Cn1ccc2cc(F)c(F)cc21. The molecule has 0 aliphatic rings. The predicted molar refractivity (Wildman–Crippen MR) is 52.5 cm³/mol. The fraction of sp³-hybridized carbons (Fsp3) is 0.182. The average molecular weight is 209 g/mol. The lowest BCUT2D eigenvalue weighted by Crippen LogP contribution is -2.04. The average Bonchev–Trinajstić information content (AvgIpc) is 2.49. The monoisotopic (exact) mass is 209 g/mol. The molecular formula is C11H9F2NO. The van der Waals surface area contributed by atoms with Crippen molar-refractivity contribution in [2.24, 2.45) is 0 Å². The highest BCUT2D eigenvalue weighted by molar-refractivity contribution is 5.83. The fourth-order valence-corrected chi connectivity index (χ4v) is 1.56. The molecule has 0 saturated heterocycles. The van der Waals surface area contributed by atoms with Gasteiger partial charge in [0, 0.05) is 17.6 Å². The van der Waals surface area contributed by atoms with Crippen molar-refractivity contribution in [2.45, 2.75) is 13.5 Å². The molecule has 2 aromatic rings. The Morgan fingerprint density at radius 1 is 1.33 bits per heavy atom.